The molecule has 0 atom stereocenters. The Balaban J connectivity index is 1.41. The van der Waals surface area contributed by atoms with Gasteiger partial charge in [-0.3, -0.25) is 5.32 Å². The summed E-state index contributed by atoms with van der Waals surface area (Å²) in [4.78, 5) is 0. The van der Waals surface area contributed by atoms with Gasteiger partial charge in [0.25, 0.3) is 0 Å². The maximum Gasteiger partial charge on any atom is 0.162 e. The minimum absolute atomic E-state index is 0.129. The van der Waals surface area contributed by atoms with Gasteiger partial charge in [-0.15, -0.1) is 5.10 Å². The second kappa shape index (κ2) is 8.90. The van der Waals surface area contributed by atoms with Gasteiger partial charge >= 0.3 is 0 Å². The molecule has 0 amide bonds. The van der Waals surface area contributed by atoms with Crippen LogP contribution in [0.4, 0.5) is 0 Å². The van der Waals surface area contributed by atoms with E-state index in [1.165, 1.54) is 36.8 Å². The second-order valence-electron chi connectivity index (χ2n) is 11.6. The molecule has 0 unspecified atom stereocenters. The maximum absolute atomic E-state index is 6.08. The van der Waals surface area contributed by atoms with Crippen molar-refractivity contribution in [2.45, 2.75) is 83.8 Å². The molecular weight excluding hydrogens is 422 g/mol. The molecule has 0 spiro atoms. The highest BCUT2D eigenvalue weighted by Gasteiger charge is 2.37. The molecule has 1 N–H and O–H groups in total. The summed E-state index contributed by atoms with van der Waals surface area (Å²) in [5, 5.41) is 16.2. The SMILES string of the molecule is CC(C)(C)c1nnnn1-c1cc(COCNC(C)(C)C2CC2)cc(-c2ccc(C3CC3)cc2)c1. The molecule has 0 bridgehead atoms. The lowest BCUT2D eigenvalue weighted by molar-refractivity contribution is 0.0794. The first kappa shape index (κ1) is 23.2. The van der Waals surface area contributed by atoms with E-state index in [1.807, 2.05) is 4.68 Å². The van der Waals surface area contributed by atoms with E-state index >= 15 is 0 Å². The van der Waals surface area contributed by atoms with Gasteiger partial charge in [-0.2, -0.15) is 4.68 Å². The smallest absolute Gasteiger partial charge is 0.162 e. The Hall–Kier alpha value is -2.57. The van der Waals surface area contributed by atoms with Crippen molar-refractivity contribution in [3.05, 3.63) is 59.4 Å². The first-order chi connectivity index (χ1) is 16.2. The third kappa shape index (κ3) is 5.23. The zero-order valence-electron chi connectivity index (χ0n) is 21.1. The summed E-state index contributed by atoms with van der Waals surface area (Å²) in [6.45, 7) is 12.0. The third-order valence-electron chi connectivity index (χ3n) is 7.15. The largest absolute Gasteiger partial charge is 0.362 e. The molecule has 2 saturated carbocycles. The Labute approximate surface area is 203 Å². The van der Waals surface area contributed by atoms with Crippen LogP contribution in [-0.2, 0) is 16.8 Å². The quantitative estimate of drug-likeness (QED) is 0.326. The van der Waals surface area contributed by atoms with Crippen molar-refractivity contribution in [1.82, 2.24) is 25.5 Å². The van der Waals surface area contributed by atoms with Crippen LogP contribution >= 0.6 is 0 Å². The predicted molar refractivity (Wildman–Crippen MR) is 135 cm³/mol. The lowest BCUT2D eigenvalue weighted by atomic mass is 9.95. The molecule has 34 heavy (non-hydrogen) atoms. The number of tetrazole rings is 1. The van der Waals surface area contributed by atoms with Gasteiger partial charge in [-0.25, -0.2) is 0 Å². The Morgan fingerprint density at radius 1 is 0.941 bits per heavy atom. The van der Waals surface area contributed by atoms with Crippen LogP contribution in [0.2, 0.25) is 0 Å². The molecule has 0 saturated heterocycles. The van der Waals surface area contributed by atoms with E-state index in [0.29, 0.717) is 13.3 Å². The Morgan fingerprint density at radius 3 is 2.32 bits per heavy atom. The zero-order chi connectivity index (χ0) is 23.9. The fraction of sp³-hybridized carbons (Fsp3) is 0.536. The Morgan fingerprint density at radius 2 is 1.68 bits per heavy atom. The van der Waals surface area contributed by atoms with Crippen LogP contribution in [0.5, 0.6) is 0 Å². The van der Waals surface area contributed by atoms with Crippen molar-refractivity contribution in [3.8, 4) is 16.8 Å². The molecule has 2 aliphatic rings. The molecule has 5 rings (SSSR count). The van der Waals surface area contributed by atoms with E-state index in [1.54, 1.807) is 0 Å². The van der Waals surface area contributed by atoms with Crippen LogP contribution in [0.15, 0.2) is 42.5 Å². The highest BCUT2D eigenvalue weighted by Crippen LogP contribution is 2.41. The molecule has 2 fully saturated rings. The summed E-state index contributed by atoms with van der Waals surface area (Å²) in [5.74, 6) is 2.36. The van der Waals surface area contributed by atoms with Crippen molar-refractivity contribution in [2.24, 2.45) is 5.92 Å². The highest BCUT2D eigenvalue weighted by atomic mass is 16.5. The number of benzene rings is 2. The number of nitrogens with zero attached hydrogens (tertiary/aromatic N) is 4. The molecule has 1 aromatic heterocycles. The lowest BCUT2D eigenvalue weighted by Crippen LogP contribution is -2.42. The van der Waals surface area contributed by atoms with Crippen molar-refractivity contribution >= 4 is 0 Å². The van der Waals surface area contributed by atoms with Crippen LogP contribution in [-0.4, -0.2) is 32.5 Å². The maximum atomic E-state index is 6.08. The van der Waals surface area contributed by atoms with Crippen LogP contribution in [0.25, 0.3) is 16.8 Å². The fourth-order valence-corrected chi connectivity index (χ4v) is 4.59. The van der Waals surface area contributed by atoms with Gasteiger partial charge < -0.3 is 4.74 Å². The number of aromatic nitrogens is 4. The second-order valence-corrected chi connectivity index (χ2v) is 11.6. The minimum atomic E-state index is -0.166. The standard InChI is InChI=1S/C28H37N5O/c1-27(2,3)26-30-31-32-33(26)25-15-19(17-34-18-29-28(4,5)24-12-13-24)14-23(16-25)22-10-8-21(9-11-22)20-6-7-20/h8-11,14-16,20,24,29H,6-7,12-13,17-18H2,1-5H3. The number of hydrogen-bond donors (Lipinski definition) is 1. The molecule has 0 aliphatic heterocycles. The van der Waals surface area contributed by atoms with E-state index in [0.717, 1.165) is 34.5 Å². The summed E-state index contributed by atoms with van der Waals surface area (Å²) < 4.78 is 7.94. The number of nitrogens with one attached hydrogen (secondary N) is 1. The molecule has 0 radical (unpaired) electrons. The van der Waals surface area contributed by atoms with E-state index in [-0.39, 0.29) is 11.0 Å². The van der Waals surface area contributed by atoms with Gasteiger partial charge in [0, 0.05) is 11.0 Å². The van der Waals surface area contributed by atoms with Crippen LogP contribution in [0.1, 0.15) is 83.2 Å². The molecule has 6 heteroatoms. The first-order valence-electron chi connectivity index (χ1n) is 12.6. The Kier molecular flexibility index (Phi) is 6.07. The summed E-state index contributed by atoms with van der Waals surface area (Å²) in [7, 11) is 0. The van der Waals surface area contributed by atoms with Crippen LogP contribution in [0.3, 0.4) is 0 Å². The summed E-state index contributed by atoms with van der Waals surface area (Å²) in [6, 6.07) is 15.6. The van der Waals surface area contributed by atoms with Crippen molar-refractivity contribution in [1.29, 1.82) is 0 Å². The van der Waals surface area contributed by atoms with Gasteiger partial charge in [0.05, 0.1) is 19.0 Å². The zero-order valence-corrected chi connectivity index (χ0v) is 21.1. The van der Waals surface area contributed by atoms with E-state index in [2.05, 4.69) is 97.9 Å². The average molecular weight is 460 g/mol. The number of ether oxygens (including phenoxy) is 1. The van der Waals surface area contributed by atoms with Crippen molar-refractivity contribution < 1.29 is 4.74 Å². The molecular formula is C28H37N5O. The van der Waals surface area contributed by atoms with Crippen LogP contribution < -0.4 is 5.32 Å². The van der Waals surface area contributed by atoms with Crippen molar-refractivity contribution in [3.63, 3.8) is 0 Å². The van der Waals surface area contributed by atoms with Gasteiger partial charge in [0.1, 0.15) is 0 Å². The van der Waals surface area contributed by atoms with Crippen LogP contribution in [0, 0.1) is 5.92 Å². The minimum Gasteiger partial charge on any atom is -0.362 e. The molecule has 180 valence electrons. The monoisotopic (exact) mass is 459 g/mol. The topological polar surface area (TPSA) is 64.9 Å². The van der Waals surface area contributed by atoms with E-state index in [9.17, 15) is 0 Å². The summed E-state index contributed by atoms with van der Waals surface area (Å²) >= 11 is 0. The molecule has 6 nitrogen and oxygen atoms in total. The first-order valence-corrected chi connectivity index (χ1v) is 12.6. The fourth-order valence-electron chi connectivity index (χ4n) is 4.59. The normalized spacial score (nSPS) is 16.7. The summed E-state index contributed by atoms with van der Waals surface area (Å²) in [5.41, 5.74) is 5.84. The molecule has 2 aliphatic carbocycles. The number of hydrogen-bond acceptors (Lipinski definition) is 5. The summed E-state index contributed by atoms with van der Waals surface area (Å²) in [6.07, 6.45) is 5.26. The van der Waals surface area contributed by atoms with Gasteiger partial charge in [0.2, 0.25) is 0 Å². The highest BCUT2D eigenvalue weighted by molar-refractivity contribution is 5.67. The van der Waals surface area contributed by atoms with Gasteiger partial charge in [-0.1, -0.05) is 45.0 Å². The van der Waals surface area contributed by atoms with E-state index in [4.69, 9.17) is 4.74 Å². The molecule has 1 heterocycles. The lowest BCUT2D eigenvalue weighted by Gasteiger charge is -2.26. The molecule has 2 aromatic carbocycles. The molecule has 3 aromatic rings. The third-order valence-corrected chi connectivity index (χ3v) is 7.15. The Bertz CT molecular complexity index is 1130. The number of rotatable bonds is 9. The van der Waals surface area contributed by atoms with Gasteiger partial charge in [0.15, 0.2) is 5.82 Å². The average Bonchev–Trinajstić information content (AvgIpc) is 3.73. The van der Waals surface area contributed by atoms with E-state index < -0.39 is 0 Å². The van der Waals surface area contributed by atoms with Gasteiger partial charge in [-0.05, 0) is 102 Å². The predicted octanol–water partition coefficient (Wildman–Crippen LogP) is 5.76. The van der Waals surface area contributed by atoms with Crippen molar-refractivity contribution in [2.75, 3.05) is 6.73 Å².